The lowest BCUT2D eigenvalue weighted by Crippen LogP contribution is -2.53. The fraction of sp³-hybridized carbons (Fsp3) is 0.650. The van der Waals surface area contributed by atoms with Crippen molar-refractivity contribution in [3.05, 3.63) is 25.9 Å². The number of fused-ring (bicyclic) bond motifs is 1. The molecule has 2 fully saturated rings. The quantitative estimate of drug-likeness (QED) is 0.732. The summed E-state index contributed by atoms with van der Waals surface area (Å²) in [4.78, 5) is 28.0. The maximum atomic E-state index is 12.8. The van der Waals surface area contributed by atoms with Crippen LogP contribution in [0.4, 0.5) is 0 Å². The SMILES string of the molecule is CC(C)c1nn(CC(=O)N[C@@H]2CCCN(C3CCC3)C2)c(=O)c2sc(Br)cc12. The average Bonchev–Trinajstić information content (AvgIpc) is 2.98. The Labute approximate surface area is 177 Å². The number of piperidine rings is 1. The number of hydrogen-bond donors (Lipinski definition) is 1. The summed E-state index contributed by atoms with van der Waals surface area (Å²) in [6, 6.07) is 2.82. The van der Waals surface area contributed by atoms with Gasteiger partial charge in [-0.15, -0.1) is 11.3 Å². The molecule has 3 heterocycles. The number of carbonyl (C=O) groups excluding carboxylic acids is 1. The number of rotatable bonds is 5. The molecule has 0 unspecified atom stereocenters. The van der Waals surface area contributed by atoms with E-state index in [0.29, 0.717) is 10.7 Å². The average molecular weight is 467 g/mol. The van der Waals surface area contributed by atoms with Gasteiger partial charge in [-0.25, -0.2) is 4.68 Å². The minimum Gasteiger partial charge on any atom is -0.350 e. The molecule has 0 radical (unpaired) electrons. The molecule has 2 aromatic heterocycles. The monoisotopic (exact) mass is 466 g/mol. The topological polar surface area (TPSA) is 67.2 Å². The Morgan fingerprint density at radius 2 is 2.14 bits per heavy atom. The van der Waals surface area contributed by atoms with Crippen LogP contribution in [0.5, 0.6) is 0 Å². The number of aromatic nitrogens is 2. The number of carbonyl (C=O) groups is 1. The Morgan fingerprint density at radius 1 is 1.36 bits per heavy atom. The number of halogens is 1. The molecule has 1 aliphatic carbocycles. The molecule has 2 aliphatic rings. The Kier molecular flexibility index (Phi) is 5.90. The molecule has 4 rings (SSSR count). The maximum Gasteiger partial charge on any atom is 0.285 e. The standard InChI is InChI=1S/C20H27BrN4O2S/c1-12(2)18-15-9-16(21)28-19(15)20(27)25(23-18)11-17(26)22-13-5-4-8-24(10-13)14-6-3-7-14/h9,12-14H,3-8,10-11H2,1-2H3,(H,22,26)/t13-/m1/s1. The zero-order valence-corrected chi connectivity index (χ0v) is 18.8. The van der Waals surface area contributed by atoms with E-state index in [-0.39, 0.29) is 30.0 Å². The molecule has 28 heavy (non-hydrogen) atoms. The first-order valence-electron chi connectivity index (χ1n) is 10.2. The molecule has 2 aromatic rings. The fourth-order valence-corrected chi connectivity index (χ4v) is 5.76. The Bertz CT molecular complexity index is 934. The molecule has 0 bridgehead atoms. The molecule has 0 aromatic carbocycles. The summed E-state index contributed by atoms with van der Waals surface area (Å²) in [5, 5.41) is 8.56. The van der Waals surface area contributed by atoms with E-state index in [4.69, 9.17) is 0 Å². The number of amides is 1. The summed E-state index contributed by atoms with van der Waals surface area (Å²) >= 11 is 4.87. The van der Waals surface area contributed by atoms with E-state index in [1.165, 1.54) is 35.3 Å². The van der Waals surface area contributed by atoms with Gasteiger partial charge in [0.05, 0.1) is 9.48 Å². The first-order chi connectivity index (χ1) is 13.4. The molecule has 6 nitrogen and oxygen atoms in total. The highest BCUT2D eigenvalue weighted by Crippen LogP contribution is 2.31. The van der Waals surface area contributed by atoms with Gasteiger partial charge >= 0.3 is 0 Å². The van der Waals surface area contributed by atoms with Crippen molar-refractivity contribution < 1.29 is 4.79 Å². The predicted molar refractivity (Wildman–Crippen MR) is 116 cm³/mol. The number of nitrogens with zero attached hydrogens (tertiary/aromatic N) is 3. The van der Waals surface area contributed by atoms with Crippen molar-refractivity contribution in [3.8, 4) is 0 Å². The summed E-state index contributed by atoms with van der Waals surface area (Å²) in [7, 11) is 0. The summed E-state index contributed by atoms with van der Waals surface area (Å²) < 4.78 is 2.90. The van der Waals surface area contributed by atoms with Crippen LogP contribution in [0.2, 0.25) is 0 Å². The second-order valence-electron chi connectivity index (χ2n) is 8.28. The number of hydrogen-bond acceptors (Lipinski definition) is 5. The van der Waals surface area contributed by atoms with Crippen molar-refractivity contribution in [3.63, 3.8) is 0 Å². The van der Waals surface area contributed by atoms with Gasteiger partial charge in [0.2, 0.25) is 5.91 Å². The summed E-state index contributed by atoms with van der Waals surface area (Å²) in [5.74, 6) is 0.0491. The van der Waals surface area contributed by atoms with E-state index in [1.807, 2.05) is 6.07 Å². The second kappa shape index (κ2) is 8.24. The predicted octanol–water partition coefficient (Wildman–Crippen LogP) is 3.48. The molecule has 1 saturated heterocycles. The third kappa shape index (κ3) is 4.04. The number of likely N-dealkylation sites (tertiary alicyclic amines) is 1. The van der Waals surface area contributed by atoms with E-state index in [9.17, 15) is 9.59 Å². The van der Waals surface area contributed by atoms with E-state index in [2.05, 4.69) is 45.1 Å². The minimum absolute atomic E-state index is 0.0239. The lowest BCUT2D eigenvalue weighted by atomic mass is 9.89. The summed E-state index contributed by atoms with van der Waals surface area (Å²) in [5.41, 5.74) is 0.670. The van der Waals surface area contributed by atoms with Gasteiger partial charge in [-0.1, -0.05) is 20.3 Å². The van der Waals surface area contributed by atoms with E-state index in [0.717, 1.165) is 40.8 Å². The first-order valence-corrected chi connectivity index (χ1v) is 11.8. The molecule has 1 N–H and O–H groups in total. The Morgan fingerprint density at radius 3 is 2.82 bits per heavy atom. The van der Waals surface area contributed by atoms with E-state index in [1.54, 1.807) is 0 Å². The molecule has 1 amide bonds. The van der Waals surface area contributed by atoms with Crippen molar-refractivity contribution in [2.45, 2.75) is 70.5 Å². The highest BCUT2D eigenvalue weighted by molar-refractivity contribution is 9.11. The number of nitrogens with one attached hydrogen (secondary N) is 1. The largest absolute Gasteiger partial charge is 0.350 e. The van der Waals surface area contributed by atoms with Crippen LogP contribution >= 0.6 is 27.3 Å². The molecule has 1 aliphatic heterocycles. The van der Waals surface area contributed by atoms with Crippen LogP contribution in [0.3, 0.4) is 0 Å². The lowest BCUT2D eigenvalue weighted by Gasteiger charge is -2.42. The number of thiophene rings is 1. The molecule has 8 heteroatoms. The minimum atomic E-state index is -0.190. The van der Waals surface area contributed by atoms with E-state index >= 15 is 0 Å². The third-order valence-corrected chi connectivity index (χ3v) is 7.51. The van der Waals surface area contributed by atoms with Crippen molar-refractivity contribution in [1.82, 2.24) is 20.0 Å². The highest BCUT2D eigenvalue weighted by Gasteiger charge is 2.30. The van der Waals surface area contributed by atoms with Gasteiger partial charge < -0.3 is 5.32 Å². The van der Waals surface area contributed by atoms with Crippen LogP contribution < -0.4 is 10.9 Å². The smallest absolute Gasteiger partial charge is 0.285 e. The van der Waals surface area contributed by atoms with Crippen LogP contribution in [0.25, 0.3) is 10.1 Å². The summed E-state index contributed by atoms with van der Waals surface area (Å²) in [6.07, 6.45) is 6.02. The van der Waals surface area contributed by atoms with Gasteiger partial charge in [-0.05, 0) is 60.1 Å². The van der Waals surface area contributed by atoms with Crippen molar-refractivity contribution in [1.29, 1.82) is 0 Å². The van der Waals surface area contributed by atoms with Crippen LogP contribution in [0, 0.1) is 0 Å². The second-order valence-corrected chi connectivity index (χ2v) is 10.7. The van der Waals surface area contributed by atoms with Crippen molar-refractivity contribution in [2.75, 3.05) is 13.1 Å². The van der Waals surface area contributed by atoms with Crippen LogP contribution in [-0.2, 0) is 11.3 Å². The third-order valence-electron chi connectivity index (χ3n) is 5.88. The van der Waals surface area contributed by atoms with Gasteiger partial charge in [-0.3, -0.25) is 14.5 Å². The zero-order valence-electron chi connectivity index (χ0n) is 16.4. The normalized spacial score (nSPS) is 21.2. The lowest BCUT2D eigenvalue weighted by molar-refractivity contribution is -0.123. The summed E-state index contributed by atoms with van der Waals surface area (Å²) in [6.45, 7) is 6.15. The maximum absolute atomic E-state index is 12.8. The van der Waals surface area contributed by atoms with Gasteiger partial charge in [-0.2, -0.15) is 5.10 Å². The highest BCUT2D eigenvalue weighted by atomic mass is 79.9. The van der Waals surface area contributed by atoms with Crippen LogP contribution in [-0.4, -0.2) is 45.8 Å². The van der Waals surface area contributed by atoms with Gasteiger partial charge in [0.1, 0.15) is 11.2 Å². The van der Waals surface area contributed by atoms with Crippen LogP contribution in [0.1, 0.15) is 57.6 Å². The van der Waals surface area contributed by atoms with Crippen molar-refractivity contribution in [2.24, 2.45) is 0 Å². The van der Waals surface area contributed by atoms with Gasteiger partial charge in [0.25, 0.3) is 5.56 Å². The van der Waals surface area contributed by atoms with Crippen molar-refractivity contribution >= 4 is 43.3 Å². The first kappa shape index (κ1) is 20.0. The molecule has 0 spiro atoms. The van der Waals surface area contributed by atoms with E-state index < -0.39 is 0 Å². The Balaban J connectivity index is 1.49. The van der Waals surface area contributed by atoms with Gasteiger partial charge in [0, 0.05) is 24.0 Å². The Hall–Kier alpha value is -1.25. The molecular weight excluding hydrogens is 440 g/mol. The van der Waals surface area contributed by atoms with Crippen LogP contribution in [0.15, 0.2) is 14.6 Å². The molecular formula is C20H27BrN4O2S. The molecule has 1 saturated carbocycles. The molecule has 1 atom stereocenters. The zero-order chi connectivity index (χ0) is 19.8. The fourth-order valence-electron chi connectivity index (χ4n) is 4.21. The van der Waals surface area contributed by atoms with Gasteiger partial charge in [0.15, 0.2) is 0 Å². The molecule has 152 valence electrons.